The lowest BCUT2D eigenvalue weighted by Gasteiger charge is -2.33. The number of amides is 1. The van der Waals surface area contributed by atoms with Crippen molar-refractivity contribution in [2.45, 2.75) is 45.3 Å². The summed E-state index contributed by atoms with van der Waals surface area (Å²) in [7, 11) is 0. The quantitative estimate of drug-likeness (QED) is 0.415. The van der Waals surface area contributed by atoms with E-state index < -0.39 is 6.10 Å². The fraction of sp³-hybridized carbons (Fsp3) is 0.346. The number of rotatable bonds is 6. The Morgan fingerprint density at radius 3 is 2.74 bits per heavy atom. The van der Waals surface area contributed by atoms with Crippen LogP contribution < -0.4 is 9.47 Å². The molecule has 4 rings (SSSR count). The lowest BCUT2D eigenvalue weighted by Crippen LogP contribution is -2.45. The minimum Gasteiger partial charge on any atom is -0.489 e. The Morgan fingerprint density at radius 1 is 1.29 bits per heavy atom. The lowest BCUT2D eigenvalue weighted by atomic mass is 10.1. The maximum Gasteiger partial charge on any atom is 0.251 e. The fourth-order valence-electron chi connectivity index (χ4n) is 4.06. The summed E-state index contributed by atoms with van der Waals surface area (Å²) in [5.41, 5.74) is 3.47. The number of aryl methyl sites for hydroxylation is 1. The van der Waals surface area contributed by atoms with Crippen LogP contribution in [0.2, 0.25) is 0 Å². The molecule has 1 atom stereocenters. The molecule has 0 bridgehead atoms. The Kier molecular flexibility index (Phi) is 7.22. The molecule has 0 saturated carbocycles. The van der Waals surface area contributed by atoms with Crippen LogP contribution in [0.15, 0.2) is 48.8 Å². The number of nitrogens with zero attached hydrogens (tertiary/aromatic N) is 5. The van der Waals surface area contributed by atoms with E-state index in [1.165, 1.54) is 6.92 Å². The van der Waals surface area contributed by atoms with Gasteiger partial charge in [0.1, 0.15) is 29.9 Å². The summed E-state index contributed by atoms with van der Waals surface area (Å²) >= 11 is 0. The Balaban J connectivity index is 1.46. The van der Waals surface area contributed by atoms with Crippen LogP contribution in [0.5, 0.6) is 5.75 Å². The molecule has 9 heteroatoms. The molecule has 0 aliphatic carbocycles. The van der Waals surface area contributed by atoms with Crippen LogP contribution >= 0.6 is 0 Å². The zero-order valence-electron chi connectivity index (χ0n) is 19.8. The van der Waals surface area contributed by atoms with Gasteiger partial charge in [0.25, 0.3) is 5.91 Å². The van der Waals surface area contributed by atoms with Gasteiger partial charge in [-0.15, -0.1) is 0 Å². The number of hydrogen-bond donors (Lipinski definition) is 2. The first-order chi connectivity index (χ1) is 16.8. The van der Waals surface area contributed by atoms with Crippen molar-refractivity contribution < 1.29 is 24.6 Å². The minimum atomic E-state index is -1.00. The second-order valence-electron chi connectivity index (χ2n) is 8.70. The van der Waals surface area contributed by atoms with E-state index in [2.05, 4.69) is 16.0 Å². The smallest absolute Gasteiger partial charge is 0.251 e. The zero-order chi connectivity index (χ0) is 24.9. The van der Waals surface area contributed by atoms with Gasteiger partial charge in [-0.1, -0.05) is 0 Å². The molecule has 0 unspecified atom stereocenters. The third kappa shape index (κ3) is 5.73. The van der Waals surface area contributed by atoms with Crippen molar-refractivity contribution in [1.29, 1.82) is 5.26 Å². The Labute approximate surface area is 203 Å². The molecule has 1 amide bonds. The summed E-state index contributed by atoms with van der Waals surface area (Å²) < 4.78 is 7.17. The van der Waals surface area contributed by atoms with Gasteiger partial charge in [-0.3, -0.25) is 10.0 Å². The molecule has 3 heterocycles. The summed E-state index contributed by atoms with van der Waals surface area (Å²) in [6.07, 6.45) is 3.92. The number of benzene rings is 1. The van der Waals surface area contributed by atoms with Gasteiger partial charge in [-0.2, -0.15) is 5.26 Å². The van der Waals surface area contributed by atoms with E-state index in [1.54, 1.807) is 35.5 Å². The van der Waals surface area contributed by atoms with E-state index in [1.807, 2.05) is 25.1 Å². The second kappa shape index (κ2) is 10.5. The third-order valence-corrected chi connectivity index (χ3v) is 6.06. The summed E-state index contributed by atoms with van der Waals surface area (Å²) in [4.78, 5) is 22.6. The predicted molar refractivity (Wildman–Crippen MR) is 125 cm³/mol. The number of pyridine rings is 1. The van der Waals surface area contributed by atoms with Crippen LogP contribution in [0.3, 0.4) is 0 Å². The maximum atomic E-state index is 12.0. The van der Waals surface area contributed by atoms with E-state index in [-0.39, 0.29) is 12.0 Å². The summed E-state index contributed by atoms with van der Waals surface area (Å²) in [6, 6.07) is 13.1. The molecule has 0 spiro atoms. The Bertz CT molecular complexity index is 1260. The van der Waals surface area contributed by atoms with Crippen molar-refractivity contribution in [2.24, 2.45) is 0 Å². The molecule has 0 radical (unpaired) electrons. The standard InChI is InChI=1S/C26H28N5O4/c1-17-3-4-19(16-31(17)34)13-25-28-10-7-23(29-25)20-5-6-24(21(14-20)15-27)35-22-8-11-30(12-9-22)26(33)18(2)32/h3-7,10,14,16,18,22,32,34H,8-9,11-13H2,1-2H3/q+1/t18-/m0/s1. The Hall–Kier alpha value is -4.03. The van der Waals surface area contributed by atoms with Gasteiger partial charge in [-0.25, -0.2) is 9.97 Å². The topological polar surface area (TPSA) is 123 Å². The van der Waals surface area contributed by atoms with Gasteiger partial charge in [0, 0.05) is 67.4 Å². The third-order valence-electron chi connectivity index (χ3n) is 6.06. The highest BCUT2D eigenvalue weighted by molar-refractivity contribution is 5.80. The zero-order valence-corrected chi connectivity index (χ0v) is 19.8. The van der Waals surface area contributed by atoms with E-state index in [0.29, 0.717) is 55.2 Å². The average Bonchev–Trinajstić information content (AvgIpc) is 2.86. The van der Waals surface area contributed by atoms with Crippen LogP contribution in [0.4, 0.5) is 0 Å². The highest BCUT2D eigenvalue weighted by Gasteiger charge is 2.26. The van der Waals surface area contributed by atoms with Crippen LogP contribution in [-0.2, 0) is 11.2 Å². The monoisotopic (exact) mass is 474 g/mol. The molecule has 1 aliphatic rings. The maximum absolute atomic E-state index is 12.0. The van der Waals surface area contributed by atoms with Gasteiger partial charge >= 0.3 is 0 Å². The largest absolute Gasteiger partial charge is 0.489 e. The van der Waals surface area contributed by atoms with Crippen molar-refractivity contribution in [3.05, 3.63) is 71.4 Å². The molecule has 1 aromatic carbocycles. The molecule has 2 aromatic heterocycles. The molecule has 35 heavy (non-hydrogen) atoms. The Morgan fingerprint density at radius 2 is 2.06 bits per heavy atom. The number of piperidine rings is 1. The van der Waals surface area contributed by atoms with Gasteiger partial charge in [0.05, 0.1) is 11.3 Å². The minimum absolute atomic E-state index is 0.111. The van der Waals surface area contributed by atoms with Crippen molar-refractivity contribution in [2.75, 3.05) is 13.1 Å². The molecule has 1 aliphatic heterocycles. The first-order valence-corrected chi connectivity index (χ1v) is 11.5. The number of aromatic nitrogens is 3. The number of aliphatic hydroxyl groups excluding tert-OH is 1. The molecule has 180 valence electrons. The van der Waals surface area contributed by atoms with Crippen LogP contribution in [0, 0.1) is 18.3 Å². The highest BCUT2D eigenvalue weighted by atomic mass is 16.5. The van der Waals surface area contributed by atoms with E-state index in [9.17, 15) is 20.4 Å². The van der Waals surface area contributed by atoms with Crippen LogP contribution in [0.25, 0.3) is 11.3 Å². The molecule has 3 aromatic rings. The summed E-state index contributed by atoms with van der Waals surface area (Å²) in [5.74, 6) is 0.828. The number of hydrogen-bond acceptors (Lipinski definition) is 7. The first kappa shape index (κ1) is 24.1. The molecular weight excluding hydrogens is 446 g/mol. The molecule has 1 fully saturated rings. The number of nitriles is 1. The molecule has 1 saturated heterocycles. The van der Waals surface area contributed by atoms with Gasteiger partial charge in [-0.05, 0) is 37.3 Å². The summed E-state index contributed by atoms with van der Waals surface area (Å²) in [5, 5.41) is 29.1. The van der Waals surface area contributed by atoms with Gasteiger partial charge in [0.15, 0.2) is 0 Å². The molecule has 2 N–H and O–H groups in total. The number of carbonyl (C=O) groups is 1. The van der Waals surface area contributed by atoms with E-state index in [4.69, 9.17) is 4.74 Å². The van der Waals surface area contributed by atoms with Gasteiger partial charge in [0.2, 0.25) is 11.9 Å². The normalized spacial score (nSPS) is 14.9. The number of aliphatic hydroxyl groups is 1. The second-order valence-corrected chi connectivity index (χ2v) is 8.70. The van der Waals surface area contributed by atoms with Crippen molar-refractivity contribution >= 4 is 5.91 Å². The SMILES string of the molecule is Cc1ccc(Cc2nccc(-c3ccc(OC4CCN(C(=O)[C@H](C)O)CC4)c(C#N)c3)n2)c[n+]1O. The van der Waals surface area contributed by atoms with E-state index in [0.717, 1.165) is 21.6 Å². The van der Waals surface area contributed by atoms with Gasteiger partial charge < -0.3 is 14.7 Å². The van der Waals surface area contributed by atoms with E-state index >= 15 is 0 Å². The van der Waals surface area contributed by atoms with Crippen molar-refractivity contribution in [3.8, 4) is 23.1 Å². The predicted octanol–water partition coefficient (Wildman–Crippen LogP) is 2.19. The summed E-state index contributed by atoms with van der Waals surface area (Å²) in [6.45, 7) is 4.30. The number of carbonyl (C=O) groups excluding carboxylic acids is 1. The molecular formula is C26H28N5O4+. The van der Waals surface area contributed by atoms with Crippen molar-refractivity contribution in [3.63, 3.8) is 0 Å². The number of ether oxygens (including phenoxy) is 1. The lowest BCUT2D eigenvalue weighted by molar-refractivity contribution is -0.909. The first-order valence-electron chi connectivity index (χ1n) is 11.5. The average molecular weight is 475 g/mol. The fourth-order valence-corrected chi connectivity index (χ4v) is 4.06. The highest BCUT2D eigenvalue weighted by Crippen LogP contribution is 2.28. The molecule has 9 nitrogen and oxygen atoms in total. The van der Waals surface area contributed by atoms with Crippen molar-refractivity contribution in [1.82, 2.24) is 14.9 Å². The number of likely N-dealkylation sites (tertiary alicyclic amines) is 1. The van der Waals surface area contributed by atoms with Crippen LogP contribution in [-0.4, -0.2) is 56.4 Å². The van der Waals surface area contributed by atoms with Crippen LogP contribution in [0.1, 0.15) is 42.4 Å².